The summed E-state index contributed by atoms with van der Waals surface area (Å²) < 4.78 is 28.9. The van der Waals surface area contributed by atoms with Crippen LogP contribution in [0.2, 0.25) is 0 Å². The minimum Gasteiger partial charge on any atom is -0.337 e. The third-order valence-corrected chi connectivity index (χ3v) is 5.81. The van der Waals surface area contributed by atoms with Crippen molar-refractivity contribution in [3.8, 4) is 0 Å². The number of imide groups is 1. The Labute approximate surface area is 204 Å². The predicted molar refractivity (Wildman–Crippen MR) is 130 cm³/mol. The van der Waals surface area contributed by atoms with Gasteiger partial charge in [-0.25, -0.2) is 13.6 Å². The van der Waals surface area contributed by atoms with Gasteiger partial charge in [0.2, 0.25) is 5.91 Å². The molecule has 1 saturated heterocycles. The summed E-state index contributed by atoms with van der Waals surface area (Å²) in [6.45, 7) is -0.221. The van der Waals surface area contributed by atoms with Crippen LogP contribution in [0.4, 0.5) is 19.3 Å². The van der Waals surface area contributed by atoms with Crippen molar-refractivity contribution in [2.75, 3.05) is 5.32 Å². The van der Waals surface area contributed by atoms with Gasteiger partial charge in [-0.05, 0) is 42.5 Å². The first-order chi connectivity index (χ1) is 17.4. The third kappa shape index (κ3) is 4.58. The second-order valence-electron chi connectivity index (χ2n) is 8.26. The highest BCUT2D eigenvalue weighted by molar-refractivity contribution is 6.14. The number of anilines is 1. The molecule has 7 nitrogen and oxygen atoms in total. The number of carbonyl (C=O) groups excluding carboxylic acids is 3. The van der Waals surface area contributed by atoms with Crippen LogP contribution < -0.4 is 10.6 Å². The molecule has 0 spiro atoms. The molecule has 0 bridgehead atoms. The van der Waals surface area contributed by atoms with Crippen molar-refractivity contribution in [2.24, 2.45) is 0 Å². The van der Waals surface area contributed by atoms with Crippen LogP contribution >= 0.6 is 0 Å². The van der Waals surface area contributed by atoms with E-state index in [0.29, 0.717) is 11.3 Å². The molecule has 4 amide bonds. The third-order valence-electron chi connectivity index (χ3n) is 5.81. The Morgan fingerprint density at radius 1 is 0.944 bits per heavy atom. The molecule has 1 fully saturated rings. The molecule has 0 unspecified atom stereocenters. The number of fused-ring (bicyclic) bond motifs is 1. The zero-order chi connectivity index (χ0) is 25.2. The topological polar surface area (TPSA) is 83.4 Å². The normalized spacial score (nSPS) is 14.5. The molecule has 0 aliphatic carbocycles. The standard InChI is InChI=1S/C27H20F2N4O3/c28-19-9-11-20(12-10-19)30-25(34)16-32-14-18(21-6-2-4-8-24(21)32)13-23-26(35)33(27(36)31-23)15-17-5-1-3-7-22(17)29/h1-14H,15-16H2,(H,30,34)(H,31,36). The minimum atomic E-state index is -0.642. The van der Waals surface area contributed by atoms with Crippen molar-refractivity contribution in [3.05, 3.63) is 107 Å². The Morgan fingerprint density at radius 2 is 1.67 bits per heavy atom. The molecule has 5 rings (SSSR count). The van der Waals surface area contributed by atoms with Gasteiger partial charge in [0.15, 0.2) is 0 Å². The Morgan fingerprint density at radius 3 is 2.44 bits per heavy atom. The van der Waals surface area contributed by atoms with Crippen LogP contribution in [-0.2, 0) is 22.7 Å². The fourth-order valence-electron chi connectivity index (χ4n) is 4.08. The molecule has 1 aliphatic heterocycles. The van der Waals surface area contributed by atoms with Crippen LogP contribution in [0.25, 0.3) is 17.0 Å². The van der Waals surface area contributed by atoms with E-state index in [-0.39, 0.29) is 30.3 Å². The molecule has 9 heteroatoms. The van der Waals surface area contributed by atoms with Gasteiger partial charge in [0.1, 0.15) is 23.9 Å². The molecule has 1 aliphatic rings. The number of urea groups is 1. The van der Waals surface area contributed by atoms with E-state index < -0.39 is 23.6 Å². The molecular formula is C27H20F2N4O3. The first-order valence-electron chi connectivity index (χ1n) is 11.1. The molecule has 180 valence electrons. The zero-order valence-electron chi connectivity index (χ0n) is 18.9. The molecule has 4 aromatic rings. The molecule has 2 heterocycles. The van der Waals surface area contributed by atoms with Crippen LogP contribution in [0.5, 0.6) is 0 Å². The summed E-state index contributed by atoms with van der Waals surface area (Å²) in [6, 6.07) is 18.1. The molecule has 0 atom stereocenters. The number of hydrogen-bond acceptors (Lipinski definition) is 3. The summed E-state index contributed by atoms with van der Waals surface area (Å²) in [5.74, 6) is -1.79. The van der Waals surface area contributed by atoms with Crippen LogP contribution in [0.1, 0.15) is 11.1 Å². The van der Waals surface area contributed by atoms with E-state index in [2.05, 4.69) is 10.6 Å². The number of para-hydroxylation sites is 1. The lowest BCUT2D eigenvalue weighted by molar-refractivity contribution is -0.123. The van der Waals surface area contributed by atoms with E-state index >= 15 is 0 Å². The monoisotopic (exact) mass is 486 g/mol. The lowest BCUT2D eigenvalue weighted by Crippen LogP contribution is -2.30. The van der Waals surface area contributed by atoms with Gasteiger partial charge in [-0.2, -0.15) is 0 Å². The molecule has 0 saturated carbocycles. The second-order valence-corrected chi connectivity index (χ2v) is 8.26. The maximum Gasteiger partial charge on any atom is 0.329 e. The van der Waals surface area contributed by atoms with E-state index in [4.69, 9.17) is 0 Å². The fourth-order valence-corrected chi connectivity index (χ4v) is 4.08. The predicted octanol–water partition coefficient (Wildman–Crippen LogP) is 4.65. The summed E-state index contributed by atoms with van der Waals surface area (Å²) in [4.78, 5) is 39.0. The summed E-state index contributed by atoms with van der Waals surface area (Å²) >= 11 is 0. The smallest absolute Gasteiger partial charge is 0.329 e. The van der Waals surface area contributed by atoms with Crippen LogP contribution in [0.3, 0.4) is 0 Å². The van der Waals surface area contributed by atoms with Gasteiger partial charge >= 0.3 is 6.03 Å². The molecule has 36 heavy (non-hydrogen) atoms. The lowest BCUT2D eigenvalue weighted by atomic mass is 10.1. The van der Waals surface area contributed by atoms with Crippen molar-refractivity contribution in [1.82, 2.24) is 14.8 Å². The van der Waals surface area contributed by atoms with Gasteiger partial charge in [-0.3, -0.25) is 14.5 Å². The van der Waals surface area contributed by atoms with Gasteiger partial charge in [0.25, 0.3) is 5.91 Å². The number of rotatable bonds is 6. The van der Waals surface area contributed by atoms with Gasteiger partial charge in [-0.15, -0.1) is 0 Å². The van der Waals surface area contributed by atoms with Gasteiger partial charge in [0, 0.05) is 33.9 Å². The van der Waals surface area contributed by atoms with Crippen molar-refractivity contribution in [2.45, 2.75) is 13.1 Å². The lowest BCUT2D eigenvalue weighted by Gasteiger charge is -2.12. The van der Waals surface area contributed by atoms with Crippen molar-refractivity contribution >= 4 is 40.5 Å². The number of hydrogen-bond donors (Lipinski definition) is 2. The number of halogens is 2. The van der Waals surface area contributed by atoms with E-state index in [0.717, 1.165) is 15.8 Å². The zero-order valence-corrected chi connectivity index (χ0v) is 18.9. The number of nitrogens with one attached hydrogen (secondary N) is 2. The van der Waals surface area contributed by atoms with Crippen LogP contribution in [0.15, 0.2) is 84.7 Å². The molecule has 1 aromatic heterocycles. The maximum atomic E-state index is 14.0. The van der Waals surface area contributed by atoms with Gasteiger partial charge in [0.05, 0.1) is 6.54 Å². The molecule has 3 aromatic carbocycles. The highest BCUT2D eigenvalue weighted by atomic mass is 19.1. The van der Waals surface area contributed by atoms with Gasteiger partial charge in [-0.1, -0.05) is 36.4 Å². The number of amides is 4. The SMILES string of the molecule is O=C(Cn1cc(C=C2NC(=O)N(Cc3ccccc3F)C2=O)c2ccccc21)Nc1ccc(F)cc1. The summed E-state index contributed by atoms with van der Waals surface area (Å²) in [7, 11) is 0. The number of benzene rings is 3. The molecule has 0 radical (unpaired) electrons. The van der Waals surface area contributed by atoms with Crippen molar-refractivity contribution in [1.29, 1.82) is 0 Å². The van der Waals surface area contributed by atoms with E-state index in [9.17, 15) is 23.2 Å². The maximum absolute atomic E-state index is 14.0. The van der Waals surface area contributed by atoms with Crippen molar-refractivity contribution < 1.29 is 23.2 Å². The average Bonchev–Trinajstić information content (AvgIpc) is 3.33. The fraction of sp³-hybridized carbons (Fsp3) is 0.0741. The number of carbonyl (C=O) groups is 3. The Kier molecular flexibility index (Phi) is 6.03. The molecular weight excluding hydrogens is 466 g/mol. The first kappa shape index (κ1) is 23.0. The van der Waals surface area contributed by atoms with Gasteiger partial charge < -0.3 is 15.2 Å². The second kappa shape index (κ2) is 9.46. The molecule has 2 N–H and O–H groups in total. The summed E-state index contributed by atoms with van der Waals surface area (Å²) in [5, 5.41) is 6.04. The van der Waals surface area contributed by atoms with Crippen LogP contribution in [-0.4, -0.2) is 27.3 Å². The van der Waals surface area contributed by atoms with Crippen molar-refractivity contribution in [3.63, 3.8) is 0 Å². The Hall–Kier alpha value is -4.79. The minimum absolute atomic E-state index is 0.0270. The Bertz CT molecular complexity index is 1530. The number of aromatic nitrogens is 1. The largest absolute Gasteiger partial charge is 0.337 e. The van der Waals surface area contributed by atoms with E-state index in [1.807, 2.05) is 24.3 Å². The average molecular weight is 486 g/mol. The highest BCUT2D eigenvalue weighted by Crippen LogP contribution is 2.25. The summed E-state index contributed by atoms with van der Waals surface area (Å²) in [6.07, 6.45) is 3.25. The van der Waals surface area contributed by atoms with E-state index in [1.165, 1.54) is 48.5 Å². The van der Waals surface area contributed by atoms with E-state index in [1.54, 1.807) is 16.8 Å². The highest BCUT2D eigenvalue weighted by Gasteiger charge is 2.34. The first-order valence-corrected chi connectivity index (χ1v) is 11.1. The van der Waals surface area contributed by atoms with Crippen LogP contribution in [0, 0.1) is 11.6 Å². The number of nitrogens with zero attached hydrogens (tertiary/aromatic N) is 2. The Balaban J connectivity index is 1.39. The quantitative estimate of drug-likeness (QED) is 0.307. The summed E-state index contributed by atoms with van der Waals surface area (Å²) in [5.41, 5.74) is 2.12.